The summed E-state index contributed by atoms with van der Waals surface area (Å²) >= 11 is 0. The SMILES string of the molecule is O=C1C[C@@H](NS(=O)(=O)N2CCCC2)CN1Cc1ccc(F)cc1. The molecule has 1 aromatic carbocycles. The topological polar surface area (TPSA) is 69.7 Å². The highest BCUT2D eigenvalue weighted by atomic mass is 32.2. The van der Waals surface area contributed by atoms with Crippen molar-refractivity contribution in [2.45, 2.75) is 31.8 Å². The van der Waals surface area contributed by atoms with Gasteiger partial charge in [0.05, 0.1) is 0 Å². The molecular formula is C15H20FN3O3S. The third-order valence-corrected chi connectivity index (χ3v) is 5.90. The molecule has 1 N–H and O–H groups in total. The molecule has 0 bridgehead atoms. The van der Waals surface area contributed by atoms with Crippen molar-refractivity contribution in [1.82, 2.24) is 13.9 Å². The molecule has 0 spiro atoms. The molecule has 0 unspecified atom stereocenters. The molecule has 2 aliphatic heterocycles. The van der Waals surface area contributed by atoms with Crippen LogP contribution in [-0.2, 0) is 21.5 Å². The minimum Gasteiger partial charge on any atom is -0.337 e. The van der Waals surface area contributed by atoms with Crippen LogP contribution in [0.1, 0.15) is 24.8 Å². The summed E-state index contributed by atoms with van der Waals surface area (Å²) in [7, 11) is -3.51. The second kappa shape index (κ2) is 6.54. The van der Waals surface area contributed by atoms with Crippen LogP contribution in [0, 0.1) is 5.82 Å². The van der Waals surface area contributed by atoms with Crippen LogP contribution in [0.15, 0.2) is 24.3 Å². The molecule has 0 aromatic heterocycles. The van der Waals surface area contributed by atoms with E-state index in [1.54, 1.807) is 17.0 Å². The number of amides is 1. The Morgan fingerprint density at radius 3 is 2.48 bits per heavy atom. The van der Waals surface area contributed by atoms with E-state index in [0.717, 1.165) is 18.4 Å². The van der Waals surface area contributed by atoms with E-state index >= 15 is 0 Å². The Kier molecular flexibility index (Phi) is 4.65. The maximum Gasteiger partial charge on any atom is 0.279 e. The van der Waals surface area contributed by atoms with E-state index in [-0.39, 0.29) is 18.1 Å². The quantitative estimate of drug-likeness (QED) is 0.863. The summed E-state index contributed by atoms with van der Waals surface area (Å²) in [4.78, 5) is 13.7. The zero-order chi connectivity index (χ0) is 16.4. The Hall–Kier alpha value is -1.51. The second-order valence-corrected chi connectivity index (χ2v) is 7.73. The summed E-state index contributed by atoms with van der Waals surface area (Å²) in [6, 6.07) is 5.55. The molecular weight excluding hydrogens is 321 g/mol. The third-order valence-electron chi connectivity index (χ3n) is 4.22. The molecule has 126 valence electrons. The molecule has 1 aromatic rings. The highest BCUT2D eigenvalue weighted by Gasteiger charge is 2.34. The summed E-state index contributed by atoms with van der Waals surface area (Å²) < 4.78 is 41.5. The number of benzene rings is 1. The third kappa shape index (κ3) is 3.88. The molecule has 0 radical (unpaired) electrons. The van der Waals surface area contributed by atoms with E-state index in [0.29, 0.717) is 26.2 Å². The van der Waals surface area contributed by atoms with Gasteiger partial charge in [0.2, 0.25) is 5.91 Å². The second-order valence-electron chi connectivity index (χ2n) is 6.03. The summed E-state index contributed by atoms with van der Waals surface area (Å²) in [6.07, 6.45) is 1.91. The summed E-state index contributed by atoms with van der Waals surface area (Å²) in [6.45, 7) is 1.77. The van der Waals surface area contributed by atoms with Gasteiger partial charge in [0.1, 0.15) is 5.82 Å². The van der Waals surface area contributed by atoms with Crippen LogP contribution in [0.25, 0.3) is 0 Å². The summed E-state index contributed by atoms with van der Waals surface area (Å²) in [5.41, 5.74) is 0.822. The lowest BCUT2D eigenvalue weighted by atomic mass is 10.2. The lowest BCUT2D eigenvalue weighted by Crippen LogP contribution is -2.45. The van der Waals surface area contributed by atoms with Gasteiger partial charge in [-0.1, -0.05) is 12.1 Å². The number of halogens is 1. The first-order valence-electron chi connectivity index (χ1n) is 7.74. The predicted octanol–water partition coefficient (Wildman–Crippen LogP) is 0.857. The Morgan fingerprint density at radius 1 is 1.17 bits per heavy atom. The fraction of sp³-hybridized carbons (Fsp3) is 0.533. The zero-order valence-corrected chi connectivity index (χ0v) is 13.6. The van der Waals surface area contributed by atoms with Gasteiger partial charge >= 0.3 is 0 Å². The van der Waals surface area contributed by atoms with Gasteiger partial charge in [-0.15, -0.1) is 0 Å². The van der Waals surface area contributed by atoms with Gasteiger partial charge in [0, 0.05) is 38.6 Å². The van der Waals surface area contributed by atoms with Gasteiger partial charge in [-0.3, -0.25) is 4.79 Å². The number of carbonyl (C=O) groups excluding carboxylic acids is 1. The maximum absolute atomic E-state index is 12.9. The fourth-order valence-electron chi connectivity index (χ4n) is 3.03. The van der Waals surface area contributed by atoms with Crippen LogP contribution >= 0.6 is 0 Å². The van der Waals surface area contributed by atoms with Crippen molar-refractivity contribution in [3.63, 3.8) is 0 Å². The minimum atomic E-state index is -3.51. The molecule has 2 aliphatic rings. The molecule has 0 aliphatic carbocycles. The molecule has 23 heavy (non-hydrogen) atoms. The van der Waals surface area contributed by atoms with Crippen LogP contribution < -0.4 is 4.72 Å². The number of nitrogens with one attached hydrogen (secondary N) is 1. The average molecular weight is 341 g/mol. The molecule has 2 heterocycles. The normalized spacial score (nSPS) is 22.9. The van der Waals surface area contributed by atoms with E-state index in [4.69, 9.17) is 0 Å². The molecule has 1 atom stereocenters. The van der Waals surface area contributed by atoms with Crippen molar-refractivity contribution in [3.8, 4) is 0 Å². The van der Waals surface area contributed by atoms with E-state index in [1.165, 1.54) is 16.4 Å². The Bertz CT molecular complexity index is 672. The smallest absolute Gasteiger partial charge is 0.279 e. The van der Waals surface area contributed by atoms with E-state index in [1.807, 2.05) is 0 Å². The minimum absolute atomic E-state index is 0.0940. The number of rotatable bonds is 5. The highest BCUT2D eigenvalue weighted by molar-refractivity contribution is 7.87. The first-order valence-corrected chi connectivity index (χ1v) is 9.18. The van der Waals surface area contributed by atoms with Crippen LogP contribution in [0.5, 0.6) is 0 Å². The molecule has 2 fully saturated rings. The number of carbonyl (C=O) groups is 1. The number of hydrogen-bond acceptors (Lipinski definition) is 3. The van der Waals surface area contributed by atoms with Crippen molar-refractivity contribution in [3.05, 3.63) is 35.6 Å². The van der Waals surface area contributed by atoms with E-state index in [9.17, 15) is 17.6 Å². The van der Waals surface area contributed by atoms with Crippen molar-refractivity contribution in [2.24, 2.45) is 0 Å². The lowest BCUT2D eigenvalue weighted by Gasteiger charge is -2.20. The molecule has 3 rings (SSSR count). The van der Waals surface area contributed by atoms with Gasteiger partial charge < -0.3 is 4.90 Å². The van der Waals surface area contributed by atoms with Crippen LogP contribution in [0.2, 0.25) is 0 Å². The number of nitrogens with zero attached hydrogens (tertiary/aromatic N) is 2. The van der Waals surface area contributed by atoms with Gasteiger partial charge in [-0.25, -0.2) is 4.39 Å². The highest BCUT2D eigenvalue weighted by Crippen LogP contribution is 2.18. The zero-order valence-electron chi connectivity index (χ0n) is 12.7. The van der Waals surface area contributed by atoms with Crippen LogP contribution in [0.3, 0.4) is 0 Å². The Balaban J connectivity index is 1.59. The van der Waals surface area contributed by atoms with Gasteiger partial charge in [0.15, 0.2) is 0 Å². The van der Waals surface area contributed by atoms with Gasteiger partial charge in [-0.2, -0.15) is 17.4 Å². The molecule has 8 heteroatoms. The number of likely N-dealkylation sites (tertiary alicyclic amines) is 1. The van der Waals surface area contributed by atoms with E-state index in [2.05, 4.69) is 4.72 Å². The lowest BCUT2D eigenvalue weighted by molar-refractivity contribution is -0.128. The average Bonchev–Trinajstić information content (AvgIpc) is 3.12. The molecule has 2 saturated heterocycles. The standard InChI is InChI=1S/C15H20FN3O3S/c16-13-5-3-12(4-6-13)10-18-11-14(9-15(18)20)17-23(21,22)19-7-1-2-8-19/h3-6,14,17H,1-2,7-11H2/t14-/m1/s1. The first-order chi connectivity index (χ1) is 10.9. The van der Waals surface area contributed by atoms with Gasteiger partial charge in [0.25, 0.3) is 10.2 Å². The Labute approximate surface area is 135 Å². The molecule has 0 saturated carbocycles. The largest absolute Gasteiger partial charge is 0.337 e. The molecule has 1 amide bonds. The fourth-order valence-corrected chi connectivity index (χ4v) is 4.49. The monoisotopic (exact) mass is 341 g/mol. The summed E-state index contributed by atoms with van der Waals surface area (Å²) in [5.74, 6) is -0.416. The maximum atomic E-state index is 12.9. The Morgan fingerprint density at radius 2 is 1.83 bits per heavy atom. The van der Waals surface area contributed by atoms with Crippen molar-refractivity contribution in [1.29, 1.82) is 0 Å². The van der Waals surface area contributed by atoms with Crippen LogP contribution in [0.4, 0.5) is 4.39 Å². The van der Waals surface area contributed by atoms with Crippen molar-refractivity contribution >= 4 is 16.1 Å². The van der Waals surface area contributed by atoms with Crippen LogP contribution in [-0.4, -0.2) is 49.2 Å². The predicted molar refractivity (Wildman–Crippen MR) is 83.1 cm³/mol. The molecule has 6 nitrogen and oxygen atoms in total. The first kappa shape index (κ1) is 16.4. The van der Waals surface area contributed by atoms with Crippen molar-refractivity contribution < 1.29 is 17.6 Å². The van der Waals surface area contributed by atoms with E-state index < -0.39 is 16.3 Å². The van der Waals surface area contributed by atoms with Gasteiger partial charge in [-0.05, 0) is 30.5 Å². The number of hydrogen-bond donors (Lipinski definition) is 1. The van der Waals surface area contributed by atoms with Crippen molar-refractivity contribution in [2.75, 3.05) is 19.6 Å². The summed E-state index contributed by atoms with van der Waals surface area (Å²) in [5, 5.41) is 0.